The fourth-order valence-corrected chi connectivity index (χ4v) is 3.96. The van der Waals surface area contributed by atoms with Gasteiger partial charge in [-0.1, -0.05) is 15.9 Å². The normalized spacial score (nSPS) is 20.5. The molecule has 1 aliphatic heterocycles. The lowest BCUT2D eigenvalue weighted by Crippen LogP contribution is -2.48. The Labute approximate surface area is 111 Å². The molecule has 17 heavy (non-hydrogen) atoms. The van der Waals surface area contributed by atoms with Crippen LogP contribution in [0.2, 0.25) is 0 Å². The van der Waals surface area contributed by atoms with E-state index < -0.39 is 10.2 Å². The maximum absolute atomic E-state index is 12.2. The van der Waals surface area contributed by atoms with E-state index in [1.165, 1.54) is 8.61 Å². The Kier molecular flexibility index (Phi) is 3.47. The van der Waals surface area contributed by atoms with Crippen LogP contribution in [0.5, 0.6) is 0 Å². The van der Waals surface area contributed by atoms with E-state index in [2.05, 4.69) is 15.9 Å². The van der Waals surface area contributed by atoms with Gasteiger partial charge in [-0.2, -0.15) is 12.7 Å². The van der Waals surface area contributed by atoms with Crippen LogP contribution in [0.1, 0.15) is 12.0 Å². The molecule has 0 saturated carbocycles. The standard InChI is InChI=1S/C11H15BrN2O2S/c1-9-8-10(12)4-5-11(9)14-7-3-6-13(2)17(14,15)16/h4-5,8H,3,6-7H2,1-2H3. The summed E-state index contributed by atoms with van der Waals surface area (Å²) in [4.78, 5) is 0. The molecule has 0 atom stereocenters. The first-order valence-corrected chi connectivity index (χ1v) is 7.62. The molecule has 4 nitrogen and oxygen atoms in total. The van der Waals surface area contributed by atoms with Crippen molar-refractivity contribution in [2.45, 2.75) is 13.3 Å². The van der Waals surface area contributed by atoms with Crippen LogP contribution in [0.15, 0.2) is 22.7 Å². The van der Waals surface area contributed by atoms with Gasteiger partial charge in [0.15, 0.2) is 0 Å². The summed E-state index contributed by atoms with van der Waals surface area (Å²) in [5, 5.41) is 0. The lowest BCUT2D eigenvalue weighted by Gasteiger charge is -2.34. The molecule has 0 spiro atoms. The minimum Gasteiger partial charge on any atom is -0.257 e. The summed E-state index contributed by atoms with van der Waals surface area (Å²) in [6.45, 7) is 3.06. The summed E-state index contributed by atoms with van der Waals surface area (Å²) < 4.78 is 28.2. The highest BCUT2D eigenvalue weighted by molar-refractivity contribution is 9.10. The van der Waals surface area contributed by atoms with Gasteiger partial charge in [0.2, 0.25) is 0 Å². The van der Waals surface area contributed by atoms with Crippen LogP contribution >= 0.6 is 15.9 Å². The largest absolute Gasteiger partial charge is 0.303 e. The second-order valence-electron chi connectivity index (χ2n) is 4.19. The predicted octanol–water partition coefficient (Wildman–Crippen LogP) is 2.14. The molecule has 0 unspecified atom stereocenters. The van der Waals surface area contributed by atoms with Gasteiger partial charge in [0.05, 0.1) is 5.69 Å². The number of rotatable bonds is 1. The lowest BCUT2D eigenvalue weighted by atomic mass is 10.2. The number of halogens is 1. The molecule has 0 radical (unpaired) electrons. The SMILES string of the molecule is Cc1cc(Br)ccc1N1CCCN(C)S1(=O)=O. The van der Waals surface area contributed by atoms with Gasteiger partial charge >= 0.3 is 10.2 Å². The average molecular weight is 319 g/mol. The van der Waals surface area contributed by atoms with Gasteiger partial charge in [-0.15, -0.1) is 0 Å². The topological polar surface area (TPSA) is 40.6 Å². The summed E-state index contributed by atoms with van der Waals surface area (Å²) in [7, 11) is -1.72. The van der Waals surface area contributed by atoms with Crippen LogP contribution < -0.4 is 4.31 Å². The Balaban J connectivity index is 2.45. The first-order chi connectivity index (χ1) is 7.93. The van der Waals surface area contributed by atoms with E-state index in [0.29, 0.717) is 13.1 Å². The van der Waals surface area contributed by atoms with Crippen LogP contribution in [-0.4, -0.2) is 32.9 Å². The minimum absolute atomic E-state index is 0.551. The molecular formula is C11H15BrN2O2S. The van der Waals surface area contributed by atoms with Crippen LogP contribution in [0, 0.1) is 6.92 Å². The second-order valence-corrected chi connectivity index (χ2v) is 7.06. The third-order valence-electron chi connectivity index (χ3n) is 2.93. The van der Waals surface area contributed by atoms with Crippen LogP contribution in [-0.2, 0) is 10.2 Å². The number of aryl methyl sites for hydroxylation is 1. The van der Waals surface area contributed by atoms with E-state index in [0.717, 1.165) is 22.1 Å². The number of hydrogen-bond acceptors (Lipinski definition) is 2. The van der Waals surface area contributed by atoms with Gasteiger partial charge < -0.3 is 0 Å². The second kappa shape index (κ2) is 4.59. The molecule has 0 aliphatic carbocycles. The molecule has 94 valence electrons. The number of anilines is 1. The molecule has 1 heterocycles. The van der Waals surface area contributed by atoms with E-state index in [1.807, 2.05) is 25.1 Å². The van der Waals surface area contributed by atoms with Gasteiger partial charge in [-0.25, -0.2) is 0 Å². The molecule has 1 aromatic rings. The Bertz CT molecular complexity index is 530. The zero-order chi connectivity index (χ0) is 12.6. The third kappa shape index (κ3) is 2.34. The monoisotopic (exact) mass is 318 g/mol. The van der Waals surface area contributed by atoms with Crippen molar-refractivity contribution in [3.8, 4) is 0 Å². The van der Waals surface area contributed by atoms with Crippen molar-refractivity contribution >= 4 is 31.8 Å². The van der Waals surface area contributed by atoms with Gasteiger partial charge in [0.1, 0.15) is 0 Å². The molecular weight excluding hydrogens is 304 g/mol. The molecule has 1 saturated heterocycles. The first kappa shape index (κ1) is 12.9. The quantitative estimate of drug-likeness (QED) is 0.796. The molecule has 1 fully saturated rings. The third-order valence-corrected chi connectivity index (χ3v) is 5.33. The Morgan fingerprint density at radius 1 is 1.29 bits per heavy atom. The highest BCUT2D eigenvalue weighted by Crippen LogP contribution is 2.28. The van der Waals surface area contributed by atoms with Crippen LogP contribution in [0.4, 0.5) is 5.69 Å². The highest BCUT2D eigenvalue weighted by Gasteiger charge is 2.31. The fourth-order valence-electron chi connectivity index (χ4n) is 1.98. The summed E-state index contributed by atoms with van der Waals surface area (Å²) >= 11 is 3.38. The van der Waals surface area contributed by atoms with E-state index in [9.17, 15) is 8.42 Å². The summed E-state index contributed by atoms with van der Waals surface area (Å²) in [5.41, 5.74) is 1.72. The smallest absolute Gasteiger partial charge is 0.257 e. The Morgan fingerprint density at radius 3 is 2.65 bits per heavy atom. The van der Waals surface area contributed by atoms with E-state index in [1.54, 1.807) is 7.05 Å². The van der Waals surface area contributed by atoms with E-state index >= 15 is 0 Å². The van der Waals surface area contributed by atoms with Gasteiger partial charge in [-0.05, 0) is 37.1 Å². The molecule has 1 aliphatic rings. The molecule has 1 aromatic carbocycles. The number of hydrogen-bond donors (Lipinski definition) is 0. The molecule has 2 rings (SSSR count). The van der Waals surface area contributed by atoms with Gasteiger partial charge in [0.25, 0.3) is 0 Å². The minimum atomic E-state index is -3.34. The van der Waals surface area contributed by atoms with Crippen molar-refractivity contribution in [1.82, 2.24) is 4.31 Å². The number of nitrogens with zero attached hydrogens (tertiary/aromatic N) is 2. The molecule has 0 N–H and O–H groups in total. The zero-order valence-corrected chi connectivity index (χ0v) is 12.3. The molecule has 0 amide bonds. The maximum Gasteiger partial charge on any atom is 0.303 e. The van der Waals surface area contributed by atoms with Crippen molar-refractivity contribution in [2.75, 3.05) is 24.4 Å². The predicted molar refractivity (Wildman–Crippen MR) is 72.4 cm³/mol. The van der Waals surface area contributed by atoms with Gasteiger partial charge in [0, 0.05) is 24.6 Å². The maximum atomic E-state index is 12.2. The van der Waals surface area contributed by atoms with Crippen LogP contribution in [0.25, 0.3) is 0 Å². The van der Waals surface area contributed by atoms with E-state index in [-0.39, 0.29) is 0 Å². The zero-order valence-electron chi connectivity index (χ0n) is 9.85. The van der Waals surface area contributed by atoms with Crippen molar-refractivity contribution in [3.63, 3.8) is 0 Å². The molecule has 0 bridgehead atoms. The average Bonchev–Trinajstić information content (AvgIpc) is 2.23. The van der Waals surface area contributed by atoms with Crippen molar-refractivity contribution < 1.29 is 8.42 Å². The van der Waals surface area contributed by atoms with Gasteiger partial charge in [-0.3, -0.25) is 4.31 Å². The molecule has 0 aromatic heterocycles. The lowest BCUT2D eigenvalue weighted by molar-refractivity contribution is 0.438. The number of benzene rings is 1. The molecule has 6 heteroatoms. The van der Waals surface area contributed by atoms with Crippen LogP contribution in [0.3, 0.4) is 0 Å². The highest BCUT2D eigenvalue weighted by atomic mass is 79.9. The fraction of sp³-hybridized carbons (Fsp3) is 0.455. The Morgan fingerprint density at radius 2 is 2.00 bits per heavy atom. The van der Waals surface area contributed by atoms with Crippen molar-refractivity contribution in [3.05, 3.63) is 28.2 Å². The Hall–Kier alpha value is -0.590. The summed E-state index contributed by atoms with van der Waals surface area (Å²) in [6, 6.07) is 5.64. The summed E-state index contributed by atoms with van der Waals surface area (Å²) in [5.74, 6) is 0. The van der Waals surface area contributed by atoms with Crippen molar-refractivity contribution in [2.24, 2.45) is 0 Å². The van der Waals surface area contributed by atoms with E-state index in [4.69, 9.17) is 0 Å². The summed E-state index contributed by atoms with van der Waals surface area (Å²) in [6.07, 6.45) is 0.852. The van der Waals surface area contributed by atoms with Crippen molar-refractivity contribution in [1.29, 1.82) is 0 Å². The first-order valence-electron chi connectivity index (χ1n) is 5.43.